The number of rotatable bonds is 2. The summed E-state index contributed by atoms with van der Waals surface area (Å²) in [6.07, 6.45) is -3.01. The first-order valence-corrected chi connectivity index (χ1v) is 9.68. The van der Waals surface area contributed by atoms with Gasteiger partial charge in [0.25, 0.3) is 0 Å². The smallest absolute Gasteiger partial charge is 0.293 e. The van der Waals surface area contributed by atoms with Crippen molar-refractivity contribution >= 4 is 21.9 Å². The van der Waals surface area contributed by atoms with Crippen molar-refractivity contribution in [3.8, 4) is 16.8 Å². The molecule has 0 spiro atoms. The van der Waals surface area contributed by atoms with Crippen molar-refractivity contribution in [1.82, 2.24) is 14.1 Å². The van der Waals surface area contributed by atoms with Gasteiger partial charge in [0.05, 0.1) is 34.0 Å². The molecule has 0 N–H and O–H groups in total. The highest BCUT2D eigenvalue weighted by Gasteiger charge is 2.31. The first kappa shape index (κ1) is 20.0. The summed E-state index contributed by atoms with van der Waals surface area (Å²) in [4.78, 5) is 17.5. The number of nitrogens with zero attached hydrogens (tertiary/aromatic N) is 3. The molecule has 0 radical (unpaired) electrons. The maximum atomic E-state index is 13.3. The maximum absolute atomic E-state index is 13.3. The second-order valence-electron chi connectivity index (χ2n) is 7.46. The van der Waals surface area contributed by atoms with E-state index in [1.54, 1.807) is 31.3 Å². The largest absolute Gasteiger partial charge is 0.416 e. The van der Waals surface area contributed by atoms with E-state index in [0.717, 1.165) is 23.3 Å². The summed E-state index contributed by atoms with van der Waals surface area (Å²) >= 11 is 0. The minimum Gasteiger partial charge on any atom is -0.293 e. The van der Waals surface area contributed by atoms with Gasteiger partial charge in [0.2, 0.25) is 0 Å². The third-order valence-electron chi connectivity index (χ3n) is 5.49. The summed E-state index contributed by atoms with van der Waals surface area (Å²) in [7, 11) is 1.55. The van der Waals surface area contributed by atoms with Crippen LogP contribution in [0.1, 0.15) is 5.56 Å². The van der Waals surface area contributed by atoms with Crippen molar-refractivity contribution < 1.29 is 17.6 Å². The van der Waals surface area contributed by atoms with E-state index in [1.165, 1.54) is 39.6 Å². The fraction of sp³-hybridized carbons (Fsp3) is 0.0833. The second kappa shape index (κ2) is 7.05. The van der Waals surface area contributed by atoms with Crippen LogP contribution in [0.25, 0.3) is 38.8 Å². The van der Waals surface area contributed by atoms with Crippen molar-refractivity contribution in [2.45, 2.75) is 6.18 Å². The van der Waals surface area contributed by atoms with Gasteiger partial charge in [0.15, 0.2) is 0 Å². The van der Waals surface area contributed by atoms with Gasteiger partial charge in [0.1, 0.15) is 5.82 Å². The van der Waals surface area contributed by atoms with Gasteiger partial charge in [-0.2, -0.15) is 13.2 Å². The third-order valence-corrected chi connectivity index (χ3v) is 5.49. The van der Waals surface area contributed by atoms with Crippen molar-refractivity contribution in [1.29, 1.82) is 0 Å². The Morgan fingerprint density at radius 2 is 1.62 bits per heavy atom. The lowest BCUT2D eigenvalue weighted by Gasteiger charge is -2.11. The van der Waals surface area contributed by atoms with Crippen LogP contribution in [0.4, 0.5) is 17.6 Å². The number of alkyl halides is 3. The lowest BCUT2D eigenvalue weighted by molar-refractivity contribution is -0.137. The van der Waals surface area contributed by atoms with Gasteiger partial charge in [-0.25, -0.2) is 9.18 Å². The quantitative estimate of drug-likeness (QED) is 0.332. The molecular weight excluding hydrogens is 422 g/mol. The minimum absolute atomic E-state index is 0.107. The van der Waals surface area contributed by atoms with E-state index in [0.29, 0.717) is 21.9 Å². The van der Waals surface area contributed by atoms with Crippen LogP contribution < -0.4 is 5.69 Å². The predicted molar refractivity (Wildman–Crippen MR) is 114 cm³/mol. The van der Waals surface area contributed by atoms with Crippen LogP contribution in [0.2, 0.25) is 0 Å². The molecule has 5 rings (SSSR count). The average Bonchev–Trinajstić information content (AvgIpc) is 3.04. The van der Waals surface area contributed by atoms with Gasteiger partial charge in [-0.1, -0.05) is 24.3 Å². The highest BCUT2D eigenvalue weighted by Crippen LogP contribution is 2.33. The first-order chi connectivity index (χ1) is 15.2. The van der Waals surface area contributed by atoms with Crippen LogP contribution in [-0.2, 0) is 13.2 Å². The molecule has 0 amide bonds. The number of aromatic nitrogens is 3. The van der Waals surface area contributed by atoms with E-state index in [4.69, 9.17) is 0 Å². The van der Waals surface area contributed by atoms with Gasteiger partial charge in [-0.15, -0.1) is 0 Å². The molecule has 0 saturated heterocycles. The van der Waals surface area contributed by atoms with Gasteiger partial charge >= 0.3 is 11.9 Å². The lowest BCUT2D eigenvalue weighted by Crippen LogP contribution is -2.21. The molecule has 0 aliphatic heterocycles. The number of imidazole rings is 1. The Balaban J connectivity index is 1.84. The number of fused-ring (bicyclic) bond motifs is 3. The van der Waals surface area contributed by atoms with E-state index < -0.39 is 17.4 Å². The fourth-order valence-corrected chi connectivity index (χ4v) is 3.88. The standard InChI is InChI=1S/C24H15F4N3O/c1-30-21-13-29-20-10-7-15(14-5-8-17(25)9-6-14)11-19(20)22(21)31(23(30)32)18-4-2-3-16(12-18)24(26,27)28/h2-13H,1H3. The van der Waals surface area contributed by atoms with E-state index in [-0.39, 0.29) is 11.5 Å². The van der Waals surface area contributed by atoms with Crippen LogP contribution in [0.15, 0.2) is 77.7 Å². The number of hydrogen-bond donors (Lipinski definition) is 0. The normalized spacial score (nSPS) is 12.0. The topological polar surface area (TPSA) is 39.8 Å². The highest BCUT2D eigenvalue weighted by atomic mass is 19.4. The molecular formula is C24H15F4N3O. The van der Waals surface area contributed by atoms with Gasteiger partial charge in [-0.05, 0) is 53.6 Å². The third kappa shape index (κ3) is 3.15. The van der Waals surface area contributed by atoms with Crippen molar-refractivity contribution in [2.24, 2.45) is 7.05 Å². The zero-order chi connectivity index (χ0) is 22.6. The summed E-state index contributed by atoms with van der Waals surface area (Å²) in [5.74, 6) is -0.361. The van der Waals surface area contributed by atoms with Crippen LogP contribution in [0.5, 0.6) is 0 Å². The van der Waals surface area contributed by atoms with Crippen LogP contribution >= 0.6 is 0 Å². The molecule has 4 nitrogen and oxygen atoms in total. The zero-order valence-corrected chi connectivity index (χ0v) is 16.7. The number of benzene rings is 3. The lowest BCUT2D eigenvalue weighted by atomic mass is 10.0. The second-order valence-corrected chi connectivity index (χ2v) is 7.46. The molecule has 0 fully saturated rings. The summed E-state index contributed by atoms with van der Waals surface area (Å²) in [6.45, 7) is 0. The summed E-state index contributed by atoms with van der Waals surface area (Å²) in [5, 5.41) is 0.597. The molecule has 32 heavy (non-hydrogen) atoms. The van der Waals surface area contributed by atoms with Gasteiger partial charge < -0.3 is 0 Å². The first-order valence-electron chi connectivity index (χ1n) is 9.68. The number of pyridine rings is 1. The van der Waals surface area contributed by atoms with E-state index >= 15 is 0 Å². The van der Waals surface area contributed by atoms with Gasteiger partial charge in [-0.3, -0.25) is 14.1 Å². The zero-order valence-electron chi connectivity index (χ0n) is 16.7. The van der Waals surface area contributed by atoms with Crippen molar-refractivity contribution in [2.75, 3.05) is 0 Å². The summed E-state index contributed by atoms with van der Waals surface area (Å²) in [5.41, 5.74) is 1.81. The molecule has 160 valence electrons. The SMILES string of the molecule is Cn1c(=O)n(-c2cccc(C(F)(F)F)c2)c2c3cc(-c4ccc(F)cc4)ccc3ncc21. The molecule has 2 heterocycles. The highest BCUT2D eigenvalue weighted by molar-refractivity contribution is 6.04. The molecule has 5 aromatic rings. The number of halogens is 4. The van der Waals surface area contributed by atoms with E-state index in [9.17, 15) is 22.4 Å². The molecule has 0 aliphatic carbocycles. The Morgan fingerprint density at radius 3 is 2.34 bits per heavy atom. The maximum Gasteiger partial charge on any atom is 0.416 e. The van der Waals surface area contributed by atoms with Crippen LogP contribution in [0, 0.1) is 5.82 Å². The fourth-order valence-electron chi connectivity index (χ4n) is 3.88. The Morgan fingerprint density at radius 1 is 0.906 bits per heavy atom. The summed E-state index contributed by atoms with van der Waals surface area (Å²) < 4.78 is 55.8. The Bertz CT molecular complexity index is 1550. The molecule has 0 saturated carbocycles. The molecule has 0 bridgehead atoms. The molecule has 0 unspecified atom stereocenters. The van der Waals surface area contributed by atoms with Crippen molar-refractivity contribution in [3.63, 3.8) is 0 Å². The molecule has 0 atom stereocenters. The Labute approximate surface area is 179 Å². The average molecular weight is 437 g/mol. The van der Waals surface area contributed by atoms with Crippen LogP contribution in [-0.4, -0.2) is 14.1 Å². The molecule has 8 heteroatoms. The predicted octanol–water partition coefficient (Wildman–Crippen LogP) is 5.70. The molecule has 2 aromatic heterocycles. The Kier molecular flexibility index (Phi) is 4.40. The molecule has 0 aliphatic rings. The van der Waals surface area contributed by atoms with E-state index in [2.05, 4.69) is 4.98 Å². The van der Waals surface area contributed by atoms with E-state index in [1.807, 2.05) is 6.07 Å². The minimum atomic E-state index is -4.54. The number of hydrogen-bond acceptors (Lipinski definition) is 2. The number of aryl methyl sites for hydroxylation is 1. The van der Waals surface area contributed by atoms with Gasteiger partial charge in [0, 0.05) is 12.4 Å². The monoisotopic (exact) mass is 437 g/mol. The van der Waals surface area contributed by atoms with Crippen LogP contribution in [0.3, 0.4) is 0 Å². The molecule has 3 aromatic carbocycles. The summed E-state index contributed by atoms with van der Waals surface area (Å²) in [6, 6.07) is 16.0. The Hall–Kier alpha value is -3.94. The van der Waals surface area contributed by atoms with Crippen molar-refractivity contribution in [3.05, 3.63) is 94.8 Å².